The van der Waals surface area contributed by atoms with Crippen molar-refractivity contribution in [1.82, 2.24) is 0 Å². The molecule has 0 saturated carbocycles. The Kier molecular flexibility index (Phi) is 5.84. The SMILES string of the molecule is COc1cc(C=Cc2ccccc2)ccc1OC(=O)Cc1ccccc1. The van der Waals surface area contributed by atoms with E-state index in [2.05, 4.69) is 0 Å². The first-order valence-electron chi connectivity index (χ1n) is 8.40. The lowest BCUT2D eigenvalue weighted by atomic mass is 10.1. The normalized spacial score (nSPS) is 10.7. The topological polar surface area (TPSA) is 35.5 Å². The summed E-state index contributed by atoms with van der Waals surface area (Å²) in [6, 6.07) is 25.1. The van der Waals surface area contributed by atoms with Crippen LogP contribution in [0.3, 0.4) is 0 Å². The summed E-state index contributed by atoms with van der Waals surface area (Å²) in [5.74, 6) is 0.633. The lowest BCUT2D eigenvalue weighted by molar-refractivity contribution is -0.133. The monoisotopic (exact) mass is 344 g/mol. The van der Waals surface area contributed by atoms with Crippen molar-refractivity contribution in [1.29, 1.82) is 0 Å². The average Bonchev–Trinajstić information content (AvgIpc) is 2.68. The molecule has 0 aliphatic carbocycles. The fraction of sp³-hybridized carbons (Fsp3) is 0.0870. The summed E-state index contributed by atoms with van der Waals surface area (Å²) in [5.41, 5.74) is 3.00. The van der Waals surface area contributed by atoms with E-state index in [9.17, 15) is 4.79 Å². The summed E-state index contributed by atoms with van der Waals surface area (Å²) in [7, 11) is 1.56. The maximum absolute atomic E-state index is 12.2. The van der Waals surface area contributed by atoms with Gasteiger partial charge in [0.2, 0.25) is 0 Å². The van der Waals surface area contributed by atoms with E-state index in [-0.39, 0.29) is 12.4 Å². The Morgan fingerprint density at radius 3 is 2.15 bits per heavy atom. The highest BCUT2D eigenvalue weighted by atomic mass is 16.6. The molecule has 3 aromatic carbocycles. The molecule has 0 unspecified atom stereocenters. The van der Waals surface area contributed by atoms with Crippen molar-refractivity contribution in [2.45, 2.75) is 6.42 Å². The Bertz CT molecular complexity index is 884. The minimum absolute atomic E-state index is 0.222. The molecule has 0 spiro atoms. The number of hydrogen-bond acceptors (Lipinski definition) is 3. The number of carbonyl (C=O) groups excluding carboxylic acids is 1. The first-order chi connectivity index (χ1) is 12.7. The highest BCUT2D eigenvalue weighted by Gasteiger charge is 2.11. The van der Waals surface area contributed by atoms with Crippen LogP contribution in [0.2, 0.25) is 0 Å². The maximum Gasteiger partial charge on any atom is 0.315 e. The first kappa shape index (κ1) is 17.5. The molecule has 130 valence electrons. The van der Waals surface area contributed by atoms with Crippen LogP contribution in [0.5, 0.6) is 11.5 Å². The number of carbonyl (C=O) groups is 1. The zero-order valence-electron chi connectivity index (χ0n) is 14.6. The number of hydrogen-bond donors (Lipinski definition) is 0. The highest BCUT2D eigenvalue weighted by molar-refractivity contribution is 5.77. The zero-order chi connectivity index (χ0) is 18.2. The van der Waals surface area contributed by atoms with Crippen molar-refractivity contribution in [3.8, 4) is 11.5 Å². The lowest BCUT2D eigenvalue weighted by Gasteiger charge is -2.10. The van der Waals surface area contributed by atoms with Gasteiger partial charge in [0.15, 0.2) is 11.5 Å². The predicted molar refractivity (Wildman–Crippen MR) is 104 cm³/mol. The third kappa shape index (κ3) is 4.84. The minimum atomic E-state index is -0.318. The van der Waals surface area contributed by atoms with Gasteiger partial charge in [-0.15, -0.1) is 0 Å². The van der Waals surface area contributed by atoms with E-state index in [1.807, 2.05) is 84.9 Å². The molecular weight excluding hydrogens is 324 g/mol. The van der Waals surface area contributed by atoms with E-state index >= 15 is 0 Å². The Hall–Kier alpha value is -3.33. The molecule has 0 amide bonds. The van der Waals surface area contributed by atoms with Gasteiger partial charge >= 0.3 is 5.97 Å². The molecule has 3 nitrogen and oxygen atoms in total. The second-order valence-electron chi connectivity index (χ2n) is 5.79. The van der Waals surface area contributed by atoms with Crippen LogP contribution < -0.4 is 9.47 Å². The quantitative estimate of drug-likeness (QED) is 0.358. The fourth-order valence-corrected chi connectivity index (χ4v) is 2.55. The van der Waals surface area contributed by atoms with E-state index < -0.39 is 0 Å². The van der Waals surface area contributed by atoms with Crippen molar-refractivity contribution in [2.24, 2.45) is 0 Å². The summed E-state index contributed by atoms with van der Waals surface area (Å²) >= 11 is 0. The summed E-state index contributed by atoms with van der Waals surface area (Å²) in [4.78, 5) is 12.2. The molecule has 0 atom stereocenters. The molecular formula is C23H20O3. The van der Waals surface area contributed by atoms with Gasteiger partial charge in [-0.25, -0.2) is 0 Å². The van der Waals surface area contributed by atoms with Crippen LogP contribution in [-0.4, -0.2) is 13.1 Å². The Morgan fingerprint density at radius 2 is 1.46 bits per heavy atom. The molecule has 0 bridgehead atoms. The Balaban J connectivity index is 1.70. The van der Waals surface area contributed by atoms with Crippen molar-refractivity contribution >= 4 is 18.1 Å². The largest absolute Gasteiger partial charge is 0.493 e. The van der Waals surface area contributed by atoms with Gasteiger partial charge in [0, 0.05) is 0 Å². The van der Waals surface area contributed by atoms with Crippen molar-refractivity contribution in [2.75, 3.05) is 7.11 Å². The minimum Gasteiger partial charge on any atom is -0.493 e. The third-order valence-electron chi connectivity index (χ3n) is 3.87. The van der Waals surface area contributed by atoms with Crippen LogP contribution in [0, 0.1) is 0 Å². The van der Waals surface area contributed by atoms with Gasteiger partial charge < -0.3 is 9.47 Å². The highest BCUT2D eigenvalue weighted by Crippen LogP contribution is 2.29. The molecule has 3 rings (SSSR count). The van der Waals surface area contributed by atoms with Crippen LogP contribution in [0.4, 0.5) is 0 Å². The Labute approximate surface area is 153 Å². The molecule has 0 heterocycles. The molecule has 3 heteroatoms. The van der Waals surface area contributed by atoms with E-state index in [1.165, 1.54) is 0 Å². The molecule has 26 heavy (non-hydrogen) atoms. The van der Waals surface area contributed by atoms with Crippen molar-refractivity contribution in [3.63, 3.8) is 0 Å². The summed E-state index contributed by atoms with van der Waals surface area (Å²) in [6.07, 6.45) is 4.24. The summed E-state index contributed by atoms with van der Waals surface area (Å²) in [5, 5.41) is 0. The summed E-state index contributed by atoms with van der Waals surface area (Å²) < 4.78 is 10.8. The molecule has 0 aromatic heterocycles. The van der Waals surface area contributed by atoms with Crippen LogP contribution in [0.25, 0.3) is 12.2 Å². The zero-order valence-corrected chi connectivity index (χ0v) is 14.6. The van der Waals surface area contributed by atoms with Gasteiger partial charge in [-0.3, -0.25) is 4.79 Å². The van der Waals surface area contributed by atoms with Gasteiger partial charge in [0.1, 0.15) is 0 Å². The first-order valence-corrected chi connectivity index (χ1v) is 8.40. The second kappa shape index (κ2) is 8.67. The number of esters is 1. The van der Waals surface area contributed by atoms with E-state index in [0.717, 1.165) is 16.7 Å². The maximum atomic E-state index is 12.2. The van der Waals surface area contributed by atoms with Gasteiger partial charge in [-0.05, 0) is 28.8 Å². The average molecular weight is 344 g/mol. The number of benzene rings is 3. The Morgan fingerprint density at radius 1 is 0.808 bits per heavy atom. The predicted octanol–water partition coefficient (Wildman–Crippen LogP) is 5.01. The number of ether oxygens (including phenoxy) is 2. The molecule has 3 aromatic rings. The summed E-state index contributed by atoms with van der Waals surface area (Å²) in [6.45, 7) is 0. The van der Waals surface area contributed by atoms with E-state index in [4.69, 9.17) is 9.47 Å². The van der Waals surface area contributed by atoms with Gasteiger partial charge in [-0.1, -0.05) is 78.9 Å². The lowest BCUT2D eigenvalue weighted by Crippen LogP contribution is -2.11. The van der Waals surface area contributed by atoms with E-state index in [0.29, 0.717) is 11.5 Å². The van der Waals surface area contributed by atoms with Crippen LogP contribution in [0.15, 0.2) is 78.9 Å². The second-order valence-corrected chi connectivity index (χ2v) is 5.79. The van der Waals surface area contributed by atoms with Crippen LogP contribution >= 0.6 is 0 Å². The molecule has 0 aliphatic heterocycles. The van der Waals surface area contributed by atoms with E-state index in [1.54, 1.807) is 13.2 Å². The molecule has 0 N–H and O–H groups in total. The van der Waals surface area contributed by atoms with Crippen molar-refractivity contribution in [3.05, 3.63) is 95.6 Å². The number of methoxy groups -OCH3 is 1. The number of rotatable bonds is 6. The van der Waals surface area contributed by atoms with Gasteiger partial charge in [0.05, 0.1) is 13.5 Å². The molecule has 0 fully saturated rings. The molecule has 0 radical (unpaired) electrons. The third-order valence-corrected chi connectivity index (χ3v) is 3.87. The van der Waals surface area contributed by atoms with Gasteiger partial charge in [0.25, 0.3) is 0 Å². The van der Waals surface area contributed by atoms with Crippen molar-refractivity contribution < 1.29 is 14.3 Å². The molecule has 0 aliphatic rings. The smallest absolute Gasteiger partial charge is 0.315 e. The van der Waals surface area contributed by atoms with Gasteiger partial charge in [-0.2, -0.15) is 0 Å². The standard InChI is InChI=1S/C23H20O3/c1-25-22-16-20(13-12-18-8-4-2-5-9-18)14-15-21(22)26-23(24)17-19-10-6-3-7-11-19/h2-16H,17H2,1H3. The van der Waals surface area contributed by atoms with Crippen LogP contribution in [0.1, 0.15) is 16.7 Å². The van der Waals surface area contributed by atoms with Crippen LogP contribution in [-0.2, 0) is 11.2 Å². The molecule has 0 saturated heterocycles. The fourth-order valence-electron chi connectivity index (χ4n) is 2.55.